The molecule has 0 radical (unpaired) electrons. The molecule has 1 aromatic carbocycles. The van der Waals surface area contributed by atoms with E-state index < -0.39 is 0 Å². The van der Waals surface area contributed by atoms with Crippen molar-refractivity contribution in [2.45, 2.75) is 111 Å². The Labute approximate surface area is 309 Å². The number of amides is 4. The lowest BCUT2D eigenvalue weighted by atomic mass is 10.0. The molecule has 52 heavy (non-hydrogen) atoms. The fourth-order valence-electron chi connectivity index (χ4n) is 5.54. The van der Waals surface area contributed by atoms with E-state index in [-0.39, 0.29) is 54.1 Å². The van der Waals surface area contributed by atoms with Crippen LogP contribution in [0.25, 0.3) is 0 Å². The van der Waals surface area contributed by atoms with Crippen LogP contribution in [0.5, 0.6) is 0 Å². The number of carbonyl (C=O) groups is 5. The molecule has 2 aromatic rings. The van der Waals surface area contributed by atoms with E-state index in [4.69, 9.17) is 0 Å². The van der Waals surface area contributed by atoms with Gasteiger partial charge in [-0.25, -0.2) is 4.98 Å². The quantitative estimate of drug-likeness (QED) is 0.105. The Bertz CT molecular complexity index is 1500. The highest BCUT2D eigenvalue weighted by molar-refractivity contribution is 5.87. The number of H-pyrrole nitrogens is 1. The zero-order chi connectivity index (χ0) is 37.9. The molecule has 2 aliphatic carbocycles. The molecule has 2 atom stereocenters. The molecule has 4 amide bonds. The minimum absolute atomic E-state index is 0.00853. The van der Waals surface area contributed by atoms with Gasteiger partial charge in [0.05, 0.1) is 24.8 Å². The van der Waals surface area contributed by atoms with Gasteiger partial charge in [-0.15, -0.1) is 0 Å². The summed E-state index contributed by atoms with van der Waals surface area (Å²) >= 11 is 0. The molecule has 0 bridgehead atoms. The molecule has 2 heterocycles. The lowest BCUT2D eigenvalue weighted by Gasteiger charge is -2.23. The highest BCUT2D eigenvalue weighted by Gasteiger charge is 2.34. The molecular weight excluding hydrogens is 658 g/mol. The highest BCUT2D eigenvalue weighted by Crippen LogP contribution is 2.31. The molecule has 5 rings (SSSR count). The molecule has 284 valence electrons. The lowest BCUT2D eigenvalue weighted by Crippen LogP contribution is -2.46. The normalized spacial score (nSPS) is 16.6. The maximum Gasteiger partial charge on any atom is 0.242 e. The maximum atomic E-state index is 12.7. The van der Waals surface area contributed by atoms with Gasteiger partial charge in [0.25, 0.3) is 0 Å². The Kier molecular flexibility index (Phi) is 18.1. The van der Waals surface area contributed by atoms with Crippen molar-refractivity contribution in [2.75, 3.05) is 26.7 Å². The van der Waals surface area contributed by atoms with Gasteiger partial charge in [-0.05, 0) is 87.9 Å². The van der Waals surface area contributed by atoms with Crippen molar-refractivity contribution < 1.29 is 24.0 Å². The number of benzene rings is 1. The number of imidazole rings is 1. The number of aldehydes is 1. The Hall–Kier alpha value is -4.50. The van der Waals surface area contributed by atoms with Gasteiger partial charge >= 0.3 is 0 Å². The first-order valence-electron chi connectivity index (χ1n) is 19.0. The first-order valence-corrected chi connectivity index (χ1v) is 19.0. The Morgan fingerprint density at radius 1 is 0.981 bits per heavy atom. The second-order valence-corrected chi connectivity index (χ2v) is 14.1. The van der Waals surface area contributed by atoms with Gasteiger partial charge in [0.1, 0.15) is 17.8 Å². The van der Waals surface area contributed by atoms with Crippen LogP contribution < -0.4 is 21.3 Å². The fourth-order valence-corrected chi connectivity index (χ4v) is 5.54. The number of hydrogen-bond acceptors (Lipinski definition) is 7. The van der Waals surface area contributed by atoms with Crippen LogP contribution in [0.1, 0.15) is 121 Å². The number of aromatic nitrogens is 2. The number of nitrogens with zero attached hydrogens (tertiary/aromatic N) is 2. The Balaban J connectivity index is 0.000000813. The van der Waals surface area contributed by atoms with Gasteiger partial charge in [-0.1, -0.05) is 52.2 Å². The number of hydrogen-bond donors (Lipinski definition) is 5. The van der Waals surface area contributed by atoms with Crippen molar-refractivity contribution in [3.8, 4) is 11.8 Å². The molecule has 12 heteroatoms. The largest absolute Gasteiger partial charge is 0.355 e. The summed E-state index contributed by atoms with van der Waals surface area (Å²) < 4.78 is 0. The second kappa shape index (κ2) is 22.4. The minimum Gasteiger partial charge on any atom is -0.355 e. The van der Waals surface area contributed by atoms with Gasteiger partial charge < -0.3 is 35.9 Å². The van der Waals surface area contributed by atoms with Crippen molar-refractivity contribution >= 4 is 29.9 Å². The molecule has 0 spiro atoms. The average Bonchev–Trinajstić information content (AvgIpc) is 4.06. The van der Waals surface area contributed by atoms with Crippen LogP contribution in [0, 0.1) is 29.6 Å². The van der Waals surface area contributed by atoms with Crippen molar-refractivity contribution in [1.29, 1.82) is 0 Å². The molecule has 3 fully saturated rings. The molecule has 1 aliphatic heterocycles. The highest BCUT2D eigenvalue weighted by atomic mass is 16.2. The predicted octanol–water partition coefficient (Wildman–Crippen LogP) is 4.16. The number of likely N-dealkylation sites (N-methyl/N-ethyl adjacent to an activating group) is 1. The standard InChI is InChI=1S/C33H45N7O4.C4H6O.C3H8/c1-22(2)30(34-3)33(44)35-17-5-4-8-28(41)36-19-24-11-9-23(10-12-24)13-16-26-20-37-31(39-26)27-7-6-18-40(27)29(42)21-38-32(43)25-14-15-25;5-3-4-1-2-4;1-3-2/h9-12,20,22,25,27,30,34H,4-8,14-15,17-19,21H2,1-3H3,(H,35,44)(H,36,41)(H,37,39)(H,38,43);3-4H,1-2H2;3H2,1-2H3. The topological polar surface area (TPSA) is 165 Å². The third-order valence-electron chi connectivity index (χ3n) is 8.84. The van der Waals surface area contributed by atoms with Crippen LogP contribution in [-0.4, -0.2) is 77.5 Å². The first kappa shape index (κ1) is 41.9. The number of unbranched alkanes of at least 4 members (excludes halogenated alkanes) is 1. The second-order valence-electron chi connectivity index (χ2n) is 14.1. The van der Waals surface area contributed by atoms with Gasteiger partial charge in [-0.3, -0.25) is 19.2 Å². The zero-order valence-electron chi connectivity index (χ0n) is 31.7. The molecule has 1 aromatic heterocycles. The van der Waals surface area contributed by atoms with Crippen LogP contribution in [0.15, 0.2) is 30.5 Å². The third-order valence-corrected chi connectivity index (χ3v) is 8.84. The molecule has 2 unspecified atom stereocenters. The van der Waals surface area contributed by atoms with Gasteiger partial charge in [-0.2, -0.15) is 0 Å². The molecule has 1 saturated heterocycles. The number of likely N-dealkylation sites (tertiary alicyclic amines) is 1. The van der Waals surface area contributed by atoms with Crippen molar-refractivity contribution in [3.63, 3.8) is 0 Å². The third kappa shape index (κ3) is 15.0. The predicted molar refractivity (Wildman–Crippen MR) is 202 cm³/mol. The van der Waals surface area contributed by atoms with Crippen molar-refractivity contribution in [1.82, 2.24) is 36.1 Å². The smallest absolute Gasteiger partial charge is 0.242 e. The summed E-state index contributed by atoms with van der Waals surface area (Å²) in [6.45, 7) is 9.91. The molecular formula is C40H59N7O5. The van der Waals surface area contributed by atoms with Gasteiger partial charge in [0.15, 0.2) is 0 Å². The van der Waals surface area contributed by atoms with E-state index in [9.17, 15) is 24.0 Å². The number of aromatic amines is 1. The van der Waals surface area contributed by atoms with Gasteiger partial charge in [0.2, 0.25) is 23.6 Å². The van der Waals surface area contributed by atoms with E-state index >= 15 is 0 Å². The fraction of sp³-hybridized carbons (Fsp3) is 0.600. The summed E-state index contributed by atoms with van der Waals surface area (Å²) in [5, 5.41) is 11.7. The Morgan fingerprint density at radius 2 is 1.69 bits per heavy atom. The Morgan fingerprint density at radius 3 is 2.29 bits per heavy atom. The van der Waals surface area contributed by atoms with E-state index in [1.807, 2.05) is 38.1 Å². The molecule has 5 N–H and O–H groups in total. The summed E-state index contributed by atoms with van der Waals surface area (Å²) in [4.78, 5) is 68.1. The number of carbonyl (C=O) groups excluding carboxylic acids is 5. The van der Waals surface area contributed by atoms with E-state index in [1.54, 1.807) is 18.1 Å². The monoisotopic (exact) mass is 717 g/mol. The van der Waals surface area contributed by atoms with Crippen LogP contribution in [-0.2, 0) is 30.5 Å². The van der Waals surface area contributed by atoms with E-state index in [0.29, 0.717) is 49.9 Å². The summed E-state index contributed by atoms with van der Waals surface area (Å²) in [5.74, 6) is 7.54. The van der Waals surface area contributed by atoms with E-state index in [0.717, 1.165) is 62.4 Å². The van der Waals surface area contributed by atoms with Gasteiger partial charge in [0, 0.05) is 43.5 Å². The SMILES string of the molecule is CCC.CNC(C(=O)NCCCCC(=O)NCc1ccc(C#Cc2cnc(C3CCCN3C(=O)CNC(=O)C3CC3)[nH]2)cc1)C(C)C.O=CC1CC1. The summed E-state index contributed by atoms with van der Waals surface area (Å²) in [7, 11) is 1.78. The lowest BCUT2D eigenvalue weighted by molar-refractivity contribution is -0.134. The summed E-state index contributed by atoms with van der Waals surface area (Å²) in [6, 6.07) is 7.35. The average molecular weight is 718 g/mol. The van der Waals surface area contributed by atoms with Crippen molar-refractivity contribution in [3.05, 3.63) is 53.1 Å². The maximum absolute atomic E-state index is 12.7. The molecule has 3 aliphatic rings. The van der Waals surface area contributed by atoms with Crippen molar-refractivity contribution in [2.24, 2.45) is 17.8 Å². The summed E-state index contributed by atoms with van der Waals surface area (Å²) in [5.41, 5.74) is 2.48. The first-order chi connectivity index (χ1) is 25.1. The number of rotatable bonds is 15. The van der Waals surface area contributed by atoms with Crippen LogP contribution in [0.4, 0.5) is 0 Å². The molecule has 2 saturated carbocycles. The van der Waals surface area contributed by atoms with Crippen LogP contribution >= 0.6 is 0 Å². The van der Waals surface area contributed by atoms with E-state index in [2.05, 4.69) is 56.9 Å². The van der Waals surface area contributed by atoms with Crippen LogP contribution in [0.2, 0.25) is 0 Å². The summed E-state index contributed by atoms with van der Waals surface area (Å²) in [6.07, 6.45) is 11.6. The van der Waals surface area contributed by atoms with E-state index in [1.165, 1.54) is 6.42 Å². The zero-order valence-corrected chi connectivity index (χ0v) is 31.7. The van der Waals surface area contributed by atoms with Crippen LogP contribution in [0.3, 0.4) is 0 Å². The minimum atomic E-state index is -0.209. The number of nitrogens with one attached hydrogen (secondary N) is 5. The molecule has 12 nitrogen and oxygen atoms in total.